The Morgan fingerprint density at radius 1 is 1.06 bits per heavy atom. The van der Waals surface area contributed by atoms with Crippen LogP contribution in [0, 0.1) is 0 Å². The van der Waals surface area contributed by atoms with Gasteiger partial charge in [0.05, 0.1) is 21.3 Å². The predicted octanol–water partition coefficient (Wildman–Crippen LogP) is 1.51. The van der Waals surface area contributed by atoms with Crippen LogP contribution in [0.2, 0.25) is 0 Å². The summed E-state index contributed by atoms with van der Waals surface area (Å²) in [4.78, 5) is 0. The van der Waals surface area contributed by atoms with Crippen LogP contribution in [-0.2, 0) is 16.0 Å². The fourth-order valence-corrected chi connectivity index (χ4v) is 2.06. The summed E-state index contributed by atoms with van der Waals surface area (Å²) in [5.41, 5.74) is 0.174. The second-order valence-corrected chi connectivity index (χ2v) is 4.54. The minimum Gasteiger partial charge on any atom is -0.493 e. The maximum absolute atomic E-state index is 12.7. The third kappa shape index (κ3) is 3.23. The van der Waals surface area contributed by atoms with E-state index in [0.29, 0.717) is 5.75 Å². The van der Waals surface area contributed by atoms with Gasteiger partial charge in [-0.3, -0.25) is 0 Å². The van der Waals surface area contributed by atoms with Crippen molar-refractivity contribution in [3.8, 4) is 17.2 Å². The first-order valence-corrected chi connectivity index (χ1v) is 6.18. The van der Waals surface area contributed by atoms with Gasteiger partial charge in [-0.15, -0.1) is 3.89 Å². The Kier molecular flexibility index (Phi) is 4.17. The second kappa shape index (κ2) is 5.22. The lowest BCUT2D eigenvalue weighted by molar-refractivity contribution is 0.322. The first-order chi connectivity index (χ1) is 7.92. The molecule has 0 amide bonds. The molecule has 1 aromatic carbocycles. The van der Waals surface area contributed by atoms with Crippen LogP contribution in [-0.4, -0.2) is 29.7 Å². The number of benzene rings is 1. The van der Waals surface area contributed by atoms with E-state index in [-0.39, 0.29) is 17.1 Å². The number of rotatable bonds is 5. The van der Waals surface area contributed by atoms with E-state index in [2.05, 4.69) is 0 Å². The van der Waals surface area contributed by atoms with Gasteiger partial charge in [-0.05, 0) is 6.07 Å². The Labute approximate surface area is 99.3 Å². The van der Waals surface area contributed by atoms with Gasteiger partial charge in [0.25, 0.3) is 0 Å². The Bertz CT molecular complexity index is 498. The van der Waals surface area contributed by atoms with Crippen molar-refractivity contribution in [1.82, 2.24) is 0 Å². The highest BCUT2D eigenvalue weighted by atomic mass is 32.3. The van der Waals surface area contributed by atoms with E-state index in [1.165, 1.54) is 33.5 Å². The van der Waals surface area contributed by atoms with Gasteiger partial charge in [0, 0.05) is 5.56 Å². The average Bonchev–Trinajstić information content (AvgIpc) is 2.26. The molecule has 0 aliphatic carbocycles. The normalized spacial score (nSPS) is 11.1. The lowest BCUT2D eigenvalue weighted by atomic mass is 10.2. The fourth-order valence-electron chi connectivity index (χ4n) is 1.46. The van der Waals surface area contributed by atoms with Gasteiger partial charge in [0.15, 0.2) is 11.5 Å². The molecule has 5 nitrogen and oxygen atoms in total. The number of hydrogen-bond acceptors (Lipinski definition) is 5. The lowest BCUT2D eigenvalue weighted by Crippen LogP contribution is -2.02. The Balaban J connectivity index is 3.33. The van der Waals surface area contributed by atoms with Gasteiger partial charge < -0.3 is 14.2 Å². The largest absolute Gasteiger partial charge is 0.493 e. The molecule has 0 radical (unpaired) electrons. The van der Waals surface area contributed by atoms with E-state index in [0.717, 1.165) is 0 Å². The molecule has 0 fully saturated rings. The Morgan fingerprint density at radius 3 is 2.06 bits per heavy atom. The lowest BCUT2D eigenvalue weighted by Gasteiger charge is -2.14. The van der Waals surface area contributed by atoms with Crippen molar-refractivity contribution in [3.05, 3.63) is 17.7 Å². The summed E-state index contributed by atoms with van der Waals surface area (Å²) in [6.45, 7) is 0. The predicted molar refractivity (Wildman–Crippen MR) is 59.8 cm³/mol. The molecule has 17 heavy (non-hydrogen) atoms. The second-order valence-electron chi connectivity index (χ2n) is 3.18. The topological polar surface area (TPSA) is 61.8 Å². The van der Waals surface area contributed by atoms with Crippen molar-refractivity contribution in [2.45, 2.75) is 5.75 Å². The van der Waals surface area contributed by atoms with E-state index in [1.807, 2.05) is 0 Å². The van der Waals surface area contributed by atoms with Gasteiger partial charge >= 0.3 is 10.2 Å². The number of methoxy groups -OCH3 is 3. The fraction of sp³-hybridized carbons (Fsp3) is 0.400. The minimum atomic E-state index is -4.63. The van der Waals surface area contributed by atoms with Gasteiger partial charge in [-0.1, -0.05) is 6.07 Å². The molecule has 0 atom stereocenters. The molecule has 0 unspecified atom stereocenters. The summed E-state index contributed by atoms with van der Waals surface area (Å²) in [6.07, 6.45) is 0. The third-order valence-corrected chi connectivity index (χ3v) is 2.77. The first kappa shape index (κ1) is 13.6. The molecule has 0 bridgehead atoms. The van der Waals surface area contributed by atoms with E-state index < -0.39 is 16.0 Å². The highest BCUT2D eigenvalue weighted by Gasteiger charge is 2.20. The average molecular weight is 264 g/mol. The molecule has 1 rings (SSSR count). The summed E-state index contributed by atoms with van der Waals surface area (Å²) >= 11 is 0. The molecular formula is C10H13FO5S. The zero-order valence-electron chi connectivity index (χ0n) is 9.69. The monoisotopic (exact) mass is 264 g/mol. The zero-order valence-corrected chi connectivity index (χ0v) is 10.5. The number of ether oxygens (including phenoxy) is 3. The highest BCUT2D eigenvalue weighted by molar-refractivity contribution is 7.85. The van der Waals surface area contributed by atoms with Gasteiger partial charge in [0.2, 0.25) is 5.75 Å². The van der Waals surface area contributed by atoms with Crippen molar-refractivity contribution in [2.24, 2.45) is 0 Å². The van der Waals surface area contributed by atoms with Crippen LogP contribution < -0.4 is 14.2 Å². The molecule has 0 saturated carbocycles. The first-order valence-electron chi connectivity index (χ1n) is 4.63. The van der Waals surface area contributed by atoms with Crippen LogP contribution in [0.3, 0.4) is 0 Å². The van der Waals surface area contributed by atoms with Crippen LogP contribution in [0.4, 0.5) is 3.89 Å². The molecule has 0 aromatic heterocycles. The molecule has 0 aliphatic rings. The standard InChI is InChI=1S/C10H13FO5S/c1-14-8-5-4-7(6-17(11,12)13)9(15-2)10(8)16-3/h4-5H,6H2,1-3H3. The molecule has 1 aromatic rings. The van der Waals surface area contributed by atoms with Gasteiger partial charge in [-0.25, -0.2) is 0 Å². The minimum absolute atomic E-state index is 0.146. The van der Waals surface area contributed by atoms with Gasteiger partial charge in [-0.2, -0.15) is 8.42 Å². The van der Waals surface area contributed by atoms with Crippen LogP contribution in [0.25, 0.3) is 0 Å². The van der Waals surface area contributed by atoms with E-state index in [1.54, 1.807) is 0 Å². The summed E-state index contributed by atoms with van der Waals surface area (Å²) in [5.74, 6) is -0.00939. The van der Waals surface area contributed by atoms with Crippen molar-refractivity contribution in [1.29, 1.82) is 0 Å². The quantitative estimate of drug-likeness (QED) is 0.754. The van der Waals surface area contributed by atoms with Crippen molar-refractivity contribution in [2.75, 3.05) is 21.3 Å². The van der Waals surface area contributed by atoms with Crippen molar-refractivity contribution in [3.63, 3.8) is 0 Å². The maximum Gasteiger partial charge on any atom is 0.306 e. The summed E-state index contributed by atoms with van der Waals surface area (Å²) < 4.78 is 49.0. The SMILES string of the molecule is COc1ccc(CS(=O)(=O)F)c(OC)c1OC. The zero-order chi connectivity index (χ0) is 13.1. The van der Waals surface area contributed by atoms with Crippen LogP contribution in [0.15, 0.2) is 12.1 Å². The molecule has 0 saturated heterocycles. The third-order valence-electron chi connectivity index (χ3n) is 2.11. The summed E-state index contributed by atoms with van der Waals surface area (Å²) in [6, 6.07) is 2.90. The van der Waals surface area contributed by atoms with Crippen LogP contribution in [0.5, 0.6) is 17.2 Å². The highest BCUT2D eigenvalue weighted by Crippen LogP contribution is 2.40. The summed E-state index contributed by atoms with van der Waals surface area (Å²) in [7, 11) is -0.475. The Morgan fingerprint density at radius 2 is 1.65 bits per heavy atom. The molecule has 0 spiro atoms. The molecule has 0 heterocycles. The molecule has 96 valence electrons. The smallest absolute Gasteiger partial charge is 0.306 e. The number of halogens is 1. The molecular weight excluding hydrogens is 251 g/mol. The molecule has 7 heteroatoms. The van der Waals surface area contributed by atoms with Crippen molar-refractivity contribution >= 4 is 10.2 Å². The van der Waals surface area contributed by atoms with E-state index in [9.17, 15) is 12.3 Å². The van der Waals surface area contributed by atoms with Gasteiger partial charge in [0.1, 0.15) is 5.75 Å². The van der Waals surface area contributed by atoms with E-state index in [4.69, 9.17) is 14.2 Å². The van der Waals surface area contributed by atoms with Crippen molar-refractivity contribution < 1.29 is 26.5 Å². The Hall–Kier alpha value is -1.50. The molecule has 0 aliphatic heterocycles. The number of hydrogen-bond donors (Lipinski definition) is 0. The maximum atomic E-state index is 12.7. The van der Waals surface area contributed by atoms with E-state index >= 15 is 0 Å². The van der Waals surface area contributed by atoms with Crippen LogP contribution in [0.1, 0.15) is 5.56 Å². The summed E-state index contributed by atoms with van der Waals surface area (Å²) in [5, 5.41) is 0. The molecule has 0 N–H and O–H groups in total. The van der Waals surface area contributed by atoms with Crippen LogP contribution >= 0.6 is 0 Å².